The van der Waals surface area contributed by atoms with E-state index in [9.17, 15) is 0 Å². The van der Waals surface area contributed by atoms with E-state index >= 15 is 0 Å². The van der Waals surface area contributed by atoms with Gasteiger partial charge in [0.15, 0.2) is 0 Å². The van der Waals surface area contributed by atoms with Crippen molar-refractivity contribution in [1.82, 2.24) is 4.98 Å². The maximum atomic E-state index is 5.70. The van der Waals surface area contributed by atoms with Gasteiger partial charge < -0.3 is 15.2 Å². The molecule has 1 aromatic rings. The van der Waals surface area contributed by atoms with Crippen molar-refractivity contribution in [2.45, 2.75) is 13.3 Å². The van der Waals surface area contributed by atoms with Crippen LogP contribution in [0, 0.1) is 6.92 Å². The van der Waals surface area contributed by atoms with Gasteiger partial charge in [0.1, 0.15) is 0 Å². The van der Waals surface area contributed by atoms with Gasteiger partial charge in [-0.25, -0.2) is 4.98 Å². The van der Waals surface area contributed by atoms with Crippen LogP contribution < -0.4 is 10.5 Å². The summed E-state index contributed by atoms with van der Waals surface area (Å²) in [4.78, 5) is 4.10. The lowest BCUT2D eigenvalue weighted by Crippen LogP contribution is -2.04. The zero-order valence-corrected chi connectivity index (χ0v) is 10.5. The average molecular weight is 275 g/mol. The number of hydrogen-bond acceptors (Lipinski definition) is 4. The molecule has 0 saturated carbocycles. The Hall–Kier alpha value is -0.810. The molecule has 0 aliphatic heterocycles. The van der Waals surface area contributed by atoms with Gasteiger partial charge in [-0.05, 0) is 28.4 Å². The van der Waals surface area contributed by atoms with E-state index in [1.807, 2.05) is 6.92 Å². The summed E-state index contributed by atoms with van der Waals surface area (Å²) in [5, 5.41) is 0. The number of nitrogens with zero attached hydrogens (tertiary/aromatic N) is 1. The first-order chi connectivity index (χ1) is 7.16. The van der Waals surface area contributed by atoms with Gasteiger partial charge in [0.25, 0.3) is 0 Å². The van der Waals surface area contributed by atoms with E-state index in [2.05, 4.69) is 20.9 Å². The lowest BCUT2D eigenvalue weighted by molar-refractivity contribution is 0.170. The molecule has 0 saturated heterocycles. The van der Waals surface area contributed by atoms with Gasteiger partial charge in [-0.3, -0.25) is 0 Å². The summed E-state index contributed by atoms with van der Waals surface area (Å²) in [5.74, 6) is 0.581. The molecular weight excluding hydrogens is 260 g/mol. The first-order valence-electron chi connectivity index (χ1n) is 4.69. The minimum atomic E-state index is 0.581. The number of ether oxygens (including phenoxy) is 2. The first kappa shape index (κ1) is 12.3. The fourth-order valence-corrected chi connectivity index (χ4v) is 1.49. The van der Waals surface area contributed by atoms with Crippen LogP contribution in [0.1, 0.15) is 12.0 Å². The smallest absolute Gasteiger partial charge is 0.228 e. The highest BCUT2D eigenvalue weighted by molar-refractivity contribution is 9.10. The molecule has 0 atom stereocenters. The number of methoxy groups -OCH3 is 1. The number of hydrogen-bond donors (Lipinski definition) is 1. The predicted molar refractivity (Wildman–Crippen MR) is 63.1 cm³/mol. The molecule has 0 aliphatic carbocycles. The zero-order chi connectivity index (χ0) is 11.3. The fraction of sp³-hybridized carbons (Fsp3) is 0.500. The van der Waals surface area contributed by atoms with E-state index < -0.39 is 0 Å². The standard InChI is InChI=1S/C10H15BrN2O2/c1-7-8(12)6-13-10(9(7)11)15-5-3-4-14-2/h6H,3-5,12H2,1-2H3. The van der Waals surface area contributed by atoms with Gasteiger partial charge >= 0.3 is 0 Å². The van der Waals surface area contributed by atoms with Crippen LogP contribution in [0.15, 0.2) is 10.7 Å². The largest absolute Gasteiger partial charge is 0.477 e. The topological polar surface area (TPSA) is 57.4 Å². The van der Waals surface area contributed by atoms with Crippen molar-refractivity contribution in [3.8, 4) is 5.88 Å². The molecule has 0 fully saturated rings. The van der Waals surface area contributed by atoms with Crippen molar-refractivity contribution < 1.29 is 9.47 Å². The fourth-order valence-electron chi connectivity index (χ4n) is 1.04. The van der Waals surface area contributed by atoms with E-state index in [0.29, 0.717) is 24.8 Å². The molecule has 5 heteroatoms. The van der Waals surface area contributed by atoms with Gasteiger partial charge in [-0.1, -0.05) is 0 Å². The van der Waals surface area contributed by atoms with Crippen molar-refractivity contribution in [3.05, 3.63) is 16.2 Å². The van der Waals surface area contributed by atoms with E-state index in [-0.39, 0.29) is 0 Å². The third kappa shape index (κ3) is 3.35. The highest BCUT2D eigenvalue weighted by Gasteiger charge is 2.07. The molecule has 2 N–H and O–H groups in total. The second-order valence-electron chi connectivity index (χ2n) is 3.15. The van der Waals surface area contributed by atoms with Crippen molar-refractivity contribution >= 4 is 21.6 Å². The number of anilines is 1. The van der Waals surface area contributed by atoms with E-state index in [4.69, 9.17) is 15.2 Å². The first-order valence-corrected chi connectivity index (χ1v) is 5.48. The minimum absolute atomic E-state index is 0.581. The van der Waals surface area contributed by atoms with E-state index in [1.165, 1.54) is 0 Å². The monoisotopic (exact) mass is 274 g/mol. The van der Waals surface area contributed by atoms with Crippen LogP contribution in [0.4, 0.5) is 5.69 Å². The molecule has 0 spiro atoms. The third-order valence-corrected chi connectivity index (χ3v) is 2.94. The number of aromatic nitrogens is 1. The van der Waals surface area contributed by atoms with Gasteiger partial charge in [0.05, 0.1) is 23.0 Å². The summed E-state index contributed by atoms with van der Waals surface area (Å²) >= 11 is 3.40. The molecule has 1 rings (SSSR count). The minimum Gasteiger partial charge on any atom is -0.477 e. The molecule has 15 heavy (non-hydrogen) atoms. The van der Waals surface area contributed by atoms with Crippen molar-refractivity contribution in [2.24, 2.45) is 0 Å². The summed E-state index contributed by atoms with van der Waals surface area (Å²) in [6, 6.07) is 0. The molecule has 0 aliphatic rings. The molecule has 0 unspecified atom stereocenters. The number of rotatable bonds is 5. The second-order valence-corrected chi connectivity index (χ2v) is 3.95. The summed E-state index contributed by atoms with van der Waals surface area (Å²) in [6.07, 6.45) is 2.44. The lowest BCUT2D eigenvalue weighted by Gasteiger charge is -2.09. The van der Waals surface area contributed by atoms with E-state index in [0.717, 1.165) is 16.5 Å². The molecule has 1 aromatic heterocycles. The average Bonchev–Trinajstić information content (AvgIpc) is 2.24. The van der Waals surface area contributed by atoms with Crippen molar-refractivity contribution in [2.75, 3.05) is 26.1 Å². The normalized spacial score (nSPS) is 10.3. The van der Waals surface area contributed by atoms with Gasteiger partial charge in [-0.2, -0.15) is 0 Å². The van der Waals surface area contributed by atoms with Crippen LogP contribution in [-0.4, -0.2) is 25.3 Å². The summed E-state index contributed by atoms with van der Waals surface area (Å²) in [5.41, 5.74) is 7.31. The Morgan fingerprint density at radius 3 is 2.87 bits per heavy atom. The maximum Gasteiger partial charge on any atom is 0.228 e. The maximum absolute atomic E-state index is 5.70. The number of halogens is 1. The molecule has 4 nitrogen and oxygen atoms in total. The molecule has 0 radical (unpaired) electrons. The van der Waals surface area contributed by atoms with Crippen LogP contribution >= 0.6 is 15.9 Å². The molecule has 0 amide bonds. The summed E-state index contributed by atoms with van der Waals surface area (Å²) in [6.45, 7) is 3.19. The lowest BCUT2D eigenvalue weighted by atomic mass is 10.2. The van der Waals surface area contributed by atoms with Crippen LogP contribution in [0.2, 0.25) is 0 Å². The Morgan fingerprint density at radius 1 is 1.47 bits per heavy atom. The van der Waals surface area contributed by atoms with Crippen molar-refractivity contribution in [1.29, 1.82) is 0 Å². The molecule has 84 valence electrons. The Balaban J connectivity index is 2.58. The Morgan fingerprint density at radius 2 is 2.20 bits per heavy atom. The number of pyridine rings is 1. The van der Waals surface area contributed by atoms with Crippen LogP contribution in [-0.2, 0) is 4.74 Å². The highest BCUT2D eigenvalue weighted by Crippen LogP contribution is 2.29. The highest BCUT2D eigenvalue weighted by atomic mass is 79.9. The number of nitrogens with two attached hydrogens (primary N) is 1. The SMILES string of the molecule is COCCCOc1ncc(N)c(C)c1Br. The summed E-state index contributed by atoms with van der Waals surface area (Å²) in [7, 11) is 1.67. The summed E-state index contributed by atoms with van der Waals surface area (Å²) < 4.78 is 11.2. The van der Waals surface area contributed by atoms with Gasteiger partial charge in [0, 0.05) is 20.1 Å². The molecule has 0 aromatic carbocycles. The zero-order valence-electron chi connectivity index (χ0n) is 8.92. The quantitative estimate of drug-likeness (QED) is 0.836. The Kier molecular flexibility index (Phi) is 4.84. The molecule has 0 bridgehead atoms. The predicted octanol–water partition coefficient (Wildman–Crippen LogP) is 2.15. The Bertz CT molecular complexity index is 331. The third-order valence-electron chi connectivity index (χ3n) is 2.00. The van der Waals surface area contributed by atoms with Crippen molar-refractivity contribution in [3.63, 3.8) is 0 Å². The van der Waals surface area contributed by atoms with Crippen LogP contribution in [0.5, 0.6) is 5.88 Å². The molecule has 1 heterocycles. The second kappa shape index (κ2) is 5.92. The van der Waals surface area contributed by atoms with Gasteiger partial charge in [0.2, 0.25) is 5.88 Å². The number of nitrogen functional groups attached to an aromatic ring is 1. The Labute approximate surface area is 97.9 Å². The van der Waals surface area contributed by atoms with Gasteiger partial charge in [-0.15, -0.1) is 0 Å². The van der Waals surface area contributed by atoms with E-state index in [1.54, 1.807) is 13.3 Å². The molecular formula is C10H15BrN2O2. The van der Waals surface area contributed by atoms with Crippen LogP contribution in [0.25, 0.3) is 0 Å². The van der Waals surface area contributed by atoms with Crippen LogP contribution in [0.3, 0.4) is 0 Å².